The second-order valence-electron chi connectivity index (χ2n) is 2.96. The molecule has 1 amide bonds. The van der Waals surface area contributed by atoms with Gasteiger partial charge in [0.15, 0.2) is 0 Å². The number of carbonyl (C=O) groups is 2. The third-order valence-corrected chi connectivity index (χ3v) is 2.83. The van der Waals surface area contributed by atoms with Crippen LogP contribution in [0, 0.1) is 0 Å². The minimum absolute atomic E-state index is 0.340. The fourth-order valence-electron chi connectivity index (χ4n) is 1.41. The molecule has 1 unspecified atom stereocenters. The molecule has 1 aliphatic heterocycles. The Kier molecular flexibility index (Phi) is 2.21. The highest BCUT2D eigenvalue weighted by molar-refractivity contribution is 6.42. The fourth-order valence-corrected chi connectivity index (χ4v) is 1.75. The first-order valence-corrected chi connectivity index (χ1v) is 4.64. The highest BCUT2D eigenvalue weighted by atomic mass is 35.5. The van der Waals surface area contributed by atoms with Gasteiger partial charge in [0.05, 0.1) is 10.0 Å². The SMILES string of the molecule is O=CC1C(=O)Nc2cc(Cl)c(Cl)cc21. The van der Waals surface area contributed by atoms with Crippen molar-refractivity contribution in [1.82, 2.24) is 0 Å². The number of aldehydes is 1. The van der Waals surface area contributed by atoms with Crippen LogP contribution in [0.4, 0.5) is 5.69 Å². The van der Waals surface area contributed by atoms with Gasteiger partial charge >= 0.3 is 0 Å². The largest absolute Gasteiger partial charge is 0.325 e. The summed E-state index contributed by atoms with van der Waals surface area (Å²) in [5.41, 5.74) is 1.14. The smallest absolute Gasteiger partial charge is 0.239 e. The summed E-state index contributed by atoms with van der Waals surface area (Å²) in [6, 6.07) is 3.08. The molecule has 1 aromatic carbocycles. The van der Waals surface area contributed by atoms with Crippen LogP contribution in [-0.4, -0.2) is 12.2 Å². The van der Waals surface area contributed by atoms with Crippen molar-refractivity contribution in [2.24, 2.45) is 0 Å². The summed E-state index contributed by atoms with van der Waals surface area (Å²) in [6.45, 7) is 0. The number of benzene rings is 1. The minimum Gasteiger partial charge on any atom is -0.325 e. The number of hydrogen-bond donors (Lipinski definition) is 1. The van der Waals surface area contributed by atoms with Crippen molar-refractivity contribution in [3.8, 4) is 0 Å². The fraction of sp³-hybridized carbons (Fsp3) is 0.111. The summed E-state index contributed by atoms with van der Waals surface area (Å²) in [6.07, 6.45) is 0.589. The van der Waals surface area contributed by atoms with E-state index in [0.29, 0.717) is 27.6 Å². The molecule has 3 nitrogen and oxygen atoms in total. The number of hydrogen-bond acceptors (Lipinski definition) is 2. The second-order valence-corrected chi connectivity index (χ2v) is 3.77. The predicted octanol–water partition coefficient (Wildman–Crippen LogP) is 2.23. The van der Waals surface area contributed by atoms with Gasteiger partial charge in [-0.3, -0.25) is 4.79 Å². The monoisotopic (exact) mass is 229 g/mol. The number of carbonyl (C=O) groups excluding carboxylic acids is 2. The Labute approximate surface area is 90.0 Å². The van der Waals surface area contributed by atoms with E-state index in [9.17, 15) is 9.59 Å². The summed E-state index contributed by atoms with van der Waals surface area (Å²) < 4.78 is 0. The zero-order chi connectivity index (χ0) is 10.3. The molecular weight excluding hydrogens is 225 g/mol. The first-order chi connectivity index (χ1) is 6.63. The van der Waals surface area contributed by atoms with Crippen LogP contribution in [-0.2, 0) is 9.59 Å². The van der Waals surface area contributed by atoms with E-state index < -0.39 is 5.92 Å². The van der Waals surface area contributed by atoms with Crippen LogP contribution in [0.25, 0.3) is 0 Å². The lowest BCUT2D eigenvalue weighted by atomic mass is 10.0. The van der Waals surface area contributed by atoms with Crippen LogP contribution in [0.1, 0.15) is 11.5 Å². The normalized spacial score (nSPS) is 19.0. The first kappa shape index (κ1) is 9.49. The molecule has 2 rings (SSSR count). The number of rotatable bonds is 1. The van der Waals surface area contributed by atoms with Crippen molar-refractivity contribution >= 4 is 41.1 Å². The molecule has 5 heteroatoms. The zero-order valence-electron chi connectivity index (χ0n) is 6.88. The number of nitrogens with one attached hydrogen (secondary N) is 1. The second kappa shape index (κ2) is 3.26. The molecule has 14 heavy (non-hydrogen) atoms. The van der Waals surface area contributed by atoms with E-state index in [1.54, 1.807) is 6.07 Å². The Morgan fingerprint density at radius 2 is 1.93 bits per heavy atom. The lowest BCUT2D eigenvalue weighted by Crippen LogP contribution is -2.12. The van der Waals surface area contributed by atoms with E-state index in [-0.39, 0.29) is 5.91 Å². The van der Waals surface area contributed by atoms with Crippen molar-refractivity contribution in [2.75, 3.05) is 5.32 Å². The van der Waals surface area contributed by atoms with Crippen molar-refractivity contribution < 1.29 is 9.59 Å². The average molecular weight is 230 g/mol. The van der Waals surface area contributed by atoms with Crippen LogP contribution in [0.5, 0.6) is 0 Å². The van der Waals surface area contributed by atoms with E-state index in [2.05, 4.69) is 5.32 Å². The zero-order valence-corrected chi connectivity index (χ0v) is 8.39. The Bertz CT molecular complexity index is 431. The third kappa shape index (κ3) is 1.29. The molecule has 0 saturated heterocycles. The summed E-state index contributed by atoms with van der Waals surface area (Å²) in [4.78, 5) is 21.9. The predicted molar refractivity (Wildman–Crippen MR) is 53.9 cm³/mol. The molecule has 0 aromatic heterocycles. The Hall–Kier alpha value is -1.06. The van der Waals surface area contributed by atoms with E-state index >= 15 is 0 Å². The highest BCUT2D eigenvalue weighted by Gasteiger charge is 2.30. The van der Waals surface area contributed by atoms with Gasteiger partial charge in [0.25, 0.3) is 0 Å². The van der Waals surface area contributed by atoms with Crippen molar-refractivity contribution in [3.05, 3.63) is 27.7 Å². The van der Waals surface area contributed by atoms with Gasteiger partial charge < -0.3 is 10.1 Å². The van der Waals surface area contributed by atoms with E-state index in [1.165, 1.54) is 6.07 Å². The Morgan fingerprint density at radius 3 is 2.57 bits per heavy atom. The summed E-state index contributed by atoms with van der Waals surface area (Å²) >= 11 is 11.5. The molecule has 0 radical (unpaired) electrons. The molecule has 0 saturated carbocycles. The van der Waals surface area contributed by atoms with Gasteiger partial charge in [0.1, 0.15) is 12.2 Å². The van der Waals surface area contributed by atoms with Crippen LogP contribution in [0.3, 0.4) is 0 Å². The quantitative estimate of drug-likeness (QED) is 0.593. The maximum absolute atomic E-state index is 11.3. The molecule has 72 valence electrons. The van der Waals surface area contributed by atoms with E-state index in [0.717, 1.165) is 0 Å². The Morgan fingerprint density at radius 1 is 1.29 bits per heavy atom. The average Bonchev–Trinajstić information content (AvgIpc) is 2.42. The van der Waals surface area contributed by atoms with Crippen LogP contribution in [0.15, 0.2) is 12.1 Å². The van der Waals surface area contributed by atoms with Gasteiger partial charge in [-0.2, -0.15) is 0 Å². The number of anilines is 1. The highest BCUT2D eigenvalue weighted by Crippen LogP contribution is 2.37. The van der Waals surface area contributed by atoms with Crippen molar-refractivity contribution in [3.63, 3.8) is 0 Å². The lowest BCUT2D eigenvalue weighted by molar-refractivity contribution is -0.121. The summed E-state index contributed by atoms with van der Waals surface area (Å²) in [5, 5.41) is 3.25. The molecule has 1 atom stereocenters. The summed E-state index contributed by atoms with van der Waals surface area (Å²) in [7, 11) is 0. The molecule has 1 aromatic rings. The number of fused-ring (bicyclic) bond motifs is 1. The third-order valence-electron chi connectivity index (χ3n) is 2.10. The standard InChI is InChI=1S/C9H5Cl2NO2/c10-6-1-4-5(3-13)9(14)12-8(4)2-7(6)11/h1-3,5H,(H,12,14). The van der Waals surface area contributed by atoms with Gasteiger partial charge in [-0.1, -0.05) is 23.2 Å². The van der Waals surface area contributed by atoms with Crippen LogP contribution >= 0.6 is 23.2 Å². The van der Waals surface area contributed by atoms with E-state index in [4.69, 9.17) is 23.2 Å². The molecule has 0 bridgehead atoms. The first-order valence-electron chi connectivity index (χ1n) is 3.88. The topological polar surface area (TPSA) is 46.2 Å². The molecule has 0 spiro atoms. The van der Waals surface area contributed by atoms with Gasteiger partial charge in [0, 0.05) is 5.69 Å². The molecular formula is C9H5Cl2NO2. The Balaban J connectivity index is 2.59. The summed E-state index contributed by atoms with van der Waals surface area (Å²) in [5.74, 6) is -1.10. The number of halogens is 2. The lowest BCUT2D eigenvalue weighted by Gasteiger charge is -2.02. The molecule has 0 fully saturated rings. The molecule has 1 aliphatic rings. The maximum atomic E-state index is 11.3. The molecule has 1 N–H and O–H groups in total. The van der Waals surface area contributed by atoms with Crippen LogP contribution < -0.4 is 5.32 Å². The number of amides is 1. The van der Waals surface area contributed by atoms with E-state index in [1.807, 2.05) is 0 Å². The molecule has 0 aliphatic carbocycles. The van der Waals surface area contributed by atoms with Crippen molar-refractivity contribution in [2.45, 2.75) is 5.92 Å². The minimum atomic E-state index is -0.764. The van der Waals surface area contributed by atoms with Crippen LogP contribution in [0.2, 0.25) is 10.0 Å². The van der Waals surface area contributed by atoms with Gasteiger partial charge in [-0.15, -0.1) is 0 Å². The van der Waals surface area contributed by atoms with Gasteiger partial charge in [-0.25, -0.2) is 0 Å². The maximum Gasteiger partial charge on any atom is 0.239 e. The van der Waals surface area contributed by atoms with Gasteiger partial charge in [-0.05, 0) is 17.7 Å². The van der Waals surface area contributed by atoms with Gasteiger partial charge in [0.2, 0.25) is 5.91 Å². The molecule has 1 heterocycles. The van der Waals surface area contributed by atoms with Crippen molar-refractivity contribution in [1.29, 1.82) is 0 Å².